The highest BCUT2D eigenvalue weighted by molar-refractivity contribution is 8.00. The summed E-state index contributed by atoms with van der Waals surface area (Å²) in [5.74, 6) is 1.09. The van der Waals surface area contributed by atoms with Gasteiger partial charge < -0.3 is 9.88 Å². The van der Waals surface area contributed by atoms with Gasteiger partial charge in [0.05, 0.1) is 5.75 Å². The molecule has 0 radical (unpaired) electrons. The molecule has 26 heavy (non-hydrogen) atoms. The number of carbonyl (C=O) groups is 1. The largest absolute Gasteiger partial charge is 0.341 e. The van der Waals surface area contributed by atoms with Gasteiger partial charge in [0.1, 0.15) is 11.9 Å². The van der Waals surface area contributed by atoms with Gasteiger partial charge in [-0.1, -0.05) is 41.9 Å². The Hall–Kier alpha value is -2.24. The van der Waals surface area contributed by atoms with Crippen LogP contribution in [0.3, 0.4) is 0 Å². The maximum atomic E-state index is 12.6. The molecular weight excluding hydrogens is 366 g/mol. The van der Waals surface area contributed by atoms with Crippen molar-refractivity contribution >= 4 is 29.3 Å². The average Bonchev–Trinajstić information content (AvgIpc) is 3.05. The standard InChI is InChI=1S/C20H20ClN3OS/c1-14-5-3-4-6-17(14)26-13-18(25)23-19(20-22-11-12-24(20)2)15-7-9-16(21)10-8-15/h3-12,19H,13H2,1-2H3,(H,23,25)/t19-/m1/s1. The highest BCUT2D eigenvalue weighted by Crippen LogP contribution is 2.24. The van der Waals surface area contributed by atoms with Crippen LogP contribution in [0, 0.1) is 6.92 Å². The lowest BCUT2D eigenvalue weighted by molar-refractivity contribution is -0.119. The summed E-state index contributed by atoms with van der Waals surface area (Å²) >= 11 is 7.53. The van der Waals surface area contributed by atoms with Gasteiger partial charge in [-0.2, -0.15) is 0 Å². The van der Waals surface area contributed by atoms with E-state index in [4.69, 9.17) is 11.6 Å². The quantitative estimate of drug-likeness (QED) is 0.640. The molecular formula is C20H20ClN3OS. The highest BCUT2D eigenvalue weighted by Gasteiger charge is 2.20. The molecule has 0 unspecified atom stereocenters. The first kappa shape index (κ1) is 18.5. The number of aryl methyl sites for hydroxylation is 2. The molecule has 6 heteroatoms. The third-order valence-corrected chi connectivity index (χ3v) is 5.51. The zero-order chi connectivity index (χ0) is 18.5. The zero-order valence-corrected chi connectivity index (χ0v) is 16.2. The van der Waals surface area contributed by atoms with Crippen LogP contribution in [-0.2, 0) is 11.8 Å². The minimum Gasteiger partial charge on any atom is -0.341 e. The molecule has 1 atom stereocenters. The van der Waals surface area contributed by atoms with Gasteiger partial charge in [0.2, 0.25) is 5.91 Å². The molecule has 1 heterocycles. The summed E-state index contributed by atoms with van der Waals surface area (Å²) < 4.78 is 1.91. The van der Waals surface area contributed by atoms with Crippen LogP contribution in [0.5, 0.6) is 0 Å². The number of carbonyl (C=O) groups excluding carboxylic acids is 1. The van der Waals surface area contributed by atoms with Crippen molar-refractivity contribution in [3.8, 4) is 0 Å². The van der Waals surface area contributed by atoms with Crippen LogP contribution in [0.25, 0.3) is 0 Å². The Morgan fingerprint density at radius 3 is 2.62 bits per heavy atom. The summed E-state index contributed by atoms with van der Waals surface area (Å²) in [5, 5.41) is 3.76. The van der Waals surface area contributed by atoms with Gasteiger partial charge in [-0.15, -0.1) is 11.8 Å². The van der Waals surface area contributed by atoms with Crippen LogP contribution in [0.2, 0.25) is 5.02 Å². The normalized spacial score (nSPS) is 12.0. The molecule has 134 valence electrons. The van der Waals surface area contributed by atoms with Gasteiger partial charge in [0.25, 0.3) is 0 Å². The topological polar surface area (TPSA) is 46.9 Å². The van der Waals surface area contributed by atoms with E-state index in [-0.39, 0.29) is 11.9 Å². The van der Waals surface area contributed by atoms with Crippen molar-refractivity contribution in [3.63, 3.8) is 0 Å². The van der Waals surface area contributed by atoms with Crippen LogP contribution in [0.4, 0.5) is 0 Å². The molecule has 1 N–H and O–H groups in total. The molecule has 4 nitrogen and oxygen atoms in total. The molecule has 0 saturated carbocycles. The fourth-order valence-corrected chi connectivity index (χ4v) is 3.64. The van der Waals surface area contributed by atoms with Crippen molar-refractivity contribution in [3.05, 3.63) is 82.9 Å². The molecule has 1 amide bonds. The Bertz CT molecular complexity index is 892. The number of halogens is 1. The van der Waals surface area contributed by atoms with E-state index in [9.17, 15) is 4.79 Å². The molecule has 0 spiro atoms. The fraction of sp³-hybridized carbons (Fsp3) is 0.200. The molecule has 0 saturated heterocycles. The number of benzene rings is 2. The van der Waals surface area contributed by atoms with Crippen LogP contribution in [-0.4, -0.2) is 21.2 Å². The number of imidazole rings is 1. The monoisotopic (exact) mass is 385 g/mol. The van der Waals surface area contributed by atoms with E-state index in [0.717, 1.165) is 16.3 Å². The molecule has 3 rings (SSSR count). The molecule has 2 aromatic carbocycles. The highest BCUT2D eigenvalue weighted by atomic mass is 35.5. The van der Waals surface area contributed by atoms with Gasteiger partial charge in [0, 0.05) is 29.4 Å². The van der Waals surface area contributed by atoms with Gasteiger partial charge in [0.15, 0.2) is 0 Å². The van der Waals surface area contributed by atoms with E-state index in [1.165, 1.54) is 17.3 Å². The van der Waals surface area contributed by atoms with Gasteiger partial charge in [-0.3, -0.25) is 4.79 Å². The summed E-state index contributed by atoms with van der Waals surface area (Å²) in [5.41, 5.74) is 2.11. The van der Waals surface area contributed by atoms with Crippen molar-refractivity contribution in [1.82, 2.24) is 14.9 Å². The van der Waals surface area contributed by atoms with Gasteiger partial charge in [-0.05, 0) is 36.2 Å². The molecule has 0 fully saturated rings. The van der Waals surface area contributed by atoms with Crippen LogP contribution in [0.15, 0.2) is 65.8 Å². The number of nitrogens with one attached hydrogen (secondary N) is 1. The molecule has 3 aromatic rings. The lowest BCUT2D eigenvalue weighted by Gasteiger charge is -2.19. The first-order valence-electron chi connectivity index (χ1n) is 8.25. The Morgan fingerprint density at radius 2 is 1.96 bits per heavy atom. The average molecular weight is 386 g/mol. The van der Waals surface area contributed by atoms with Crippen LogP contribution in [0.1, 0.15) is 23.0 Å². The summed E-state index contributed by atoms with van der Waals surface area (Å²) in [6.45, 7) is 2.05. The predicted molar refractivity (Wildman–Crippen MR) is 107 cm³/mol. The Kier molecular flexibility index (Phi) is 6.01. The first-order valence-corrected chi connectivity index (χ1v) is 9.61. The smallest absolute Gasteiger partial charge is 0.231 e. The molecule has 0 aliphatic heterocycles. The SMILES string of the molecule is Cc1ccccc1SCC(=O)N[C@H](c1ccc(Cl)cc1)c1nccn1C. The van der Waals surface area contributed by atoms with E-state index in [1.807, 2.05) is 73.3 Å². The predicted octanol–water partition coefficient (Wildman–Crippen LogP) is 4.38. The van der Waals surface area contributed by atoms with Crippen molar-refractivity contribution < 1.29 is 4.79 Å². The number of nitrogens with zero attached hydrogens (tertiary/aromatic N) is 2. The third kappa shape index (κ3) is 4.48. The second-order valence-electron chi connectivity index (χ2n) is 6.00. The van der Waals surface area contributed by atoms with E-state index >= 15 is 0 Å². The number of hydrogen-bond acceptors (Lipinski definition) is 3. The Morgan fingerprint density at radius 1 is 1.23 bits per heavy atom. The molecule has 0 bridgehead atoms. The minimum absolute atomic E-state index is 0.0406. The number of thioether (sulfide) groups is 1. The van der Waals surface area contributed by atoms with Crippen LogP contribution >= 0.6 is 23.4 Å². The third-order valence-electron chi connectivity index (χ3n) is 4.08. The Balaban J connectivity index is 1.75. The second-order valence-corrected chi connectivity index (χ2v) is 7.46. The minimum atomic E-state index is -0.322. The number of hydrogen-bond donors (Lipinski definition) is 1. The van der Waals surface area contributed by atoms with E-state index < -0.39 is 0 Å². The lowest BCUT2D eigenvalue weighted by Crippen LogP contribution is -2.32. The van der Waals surface area contributed by atoms with E-state index in [2.05, 4.69) is 10.3 Å². The number of rotatable bonds is 6. The van der Waals surface area contributed by atoms with Crippen molar-refractivity contribution in [2.24, 2.45) is 7.05 Å². The maximum Gasteiger partial charge on any atom is 0.231 e. The van der Waals surface area contributed by atoms with Crippen molar-refractivity contribution in [1.29, 1.82) is 0 Å². The summed E-state index contributed by atoms with van der Waals surface area (Å²) in [6, 6.07) is 15.2. The molecule has 0 aliphatic rings. The summed E-state index contributed by atoms with van der Waals surface area (Å²) in [6.07, 6.45) is 3.60. The van der Waals surface area contributed by atoms with E-state index in [1.54, 1.807) is 6.20 Å². The van der Waals surface area contributed by atoms with Crippen LogP contribution < -0.4 is 5.32 Å². The lowest BCUT2D eigenvalue weighted by atomic mass is 10.1. The number of aromatic nitrogens is 2. The second kappa shape index (κ2) is 8.43. The summed E-state index contributed by atoms with van der Waals surface area (Å²) in [7, 11) is 1.92. The fourth-order valence-electron chi connectivity index (χ4n) is 2.67. The first-order chi connectivity index (χ1) is 12.5. The Labute approximate surface area is 162 Å². The van der Waals surface area contributed by atoms with Crippen molar-refractivity contribution in [2.45, 2.75) is 17.9 Å². The zero-order valence-electron chi connectivity index (χ0n) is 14.6. The van der Waals surface area contributed by atoms with E-state index in [0.29, 0.717) is 10.8 Å². The maximum absolute atomic E-state index is 12.6. The summed E-state index contributed by atoms with van der Waals surface area (Å²) in [4.78, 5) is 18.1. The van der Waals surface area contributed by atoms with Gasteiger partial charge in [-0.25, -0.2) is 4.98 Å². The number of amides is 1. The molecule has 1 aromatic heterocycles. The molecule has 0 aliphatic carbocycles. The van der Waals surface area contributed by atoms with Crippen molar-refractivity contribution in [2.75, 3.05) is 5.75 Å². The van der Waals surface area contributed by atoms with Gasteiger partial charge >= 0.3 is 0 Å².